The minimum atomic E-state index is -0.277. The number of hydrogen-bond acceptors (Lipinski definition) is 4. The van der Waals surface area contributed by atoms with Crippen LogP contribution < -0.4 is 19.5 Å². The quantitative estimate of drug-likeness (QED) is 0.671. The van der Waals surface area contributed by atoms with Gasteiger partial charge in [0.2, 0.25) is 5.91 Å². The molecule has 2 atom stereocenters. The maximum Gasteiger partial charge on any atom is 0.227 e. The van der Waals surface area contributed by atoms with Gasteiger partial charge in [-0.25, -0.2) is 0 Å². The zero-order chi connectivity index (χ0) is 20.9. The highest BCUT2D eigenvalue weighted by molar-refractivity contribution is 5.80. The van der Waals surface area contributed by atoms with E-state index >= 15 is 0 Å². The van der Waals surface area contributed by atoms with Crippen molar-refractivity contribution in [3.8, 4) is 17.2 Å². The number of benzene rings is 3. The Morgan fingerprint density at radius 2 is 1.73 bits per heavy atom. The Morgan fingerprint density at radius 3 is 2.50 bits per heavy atom. The largest absolute Gasteiger partial charge is 0.497 e. The highest BCUT2D eigenvalue weighted by Gasteiger charge is 2.29. The van der Waals surface area contributed by atoms with E-state index in [4.69, 9.17) is 14.2 Å². The maximum atomic E-state index is 13.2. The lowest BCUT2D eigenvalue weighted by atomic mass is 9.93. The van der Waals surface area contributed by atoms with Crippen LogP contribution in [0.15, 0.2) is 72.8 Å². The first-order chi connectivity index (χ1) is 14.7. The second-order valence-corrected chi connectivity index (χ2v) is 7.29. The van der Waals surface area contributed by atoms with Gasteiger partial charge in [0.25, 0.3) is 0 Å². The Labute approximate surface area is 176 Å². The van der Waals surface area contributed by atoms with Crippen molar-refractivity contribution >= 4 is 5.91 Å². The van der Waals surface area contributed by atoms with Gasteiger partial charge in [-0.2, -0.15) is 0 Å². The number of hydrogen-bond donors (Lipinski definition) is 1. The van der Waals surface area contributed by atoms with E-state index in [1.165, 1.54) is 0 Å². The molecule has 30 heavy (non-hydrogen) atoms. The zero-order valence-corrected chi connectivity index (χ0v) is 17.1. The molecule has 1 amide bonds. The molecule has 0 aromatic heterocycles. The van der Waals surface area contributed by atoms with E-state index in [2.05, 4.69) is 5.32 Å². The van der Waals surface area contributed by atoms with Crippen molar-refractivity contribution in [2.24, 2.45) is 5.92 Å². The normalized spacial score (nSPS) is 16.0. The molecule has 0 spiro atoms. The number of ether oxygens (including phenoxy) is 3. The molecule has 0 unspecified atom stereocenters. The van der Waals surface area contributed by atoms with Gasteiger partial charge in [-0.1, -0.05) is 54.6 Å². The van der Waals surface area contributed by atoms with Crippen LogP contribution in [-0.2, 0) is 11.2 Å². The van der Waals surface area contributed by atoms with Crippen LogP contribution >= 0.6 is 0 Å². The fourth-order valence-corrected chi connectivity index (χ4v) is 3.81. The minimum Gasteiger partial charge on any atom is -0.497 e. The van der Waals surface area contributed by atoms with E-state index in [1.54, 1.807) is 14.2 Å². The van der Waals surface area contributed by atoms with Gasteiger partial charge in [0.15, 0.2) is 11.5 Å². The number of carbonyl (C=O) groups excluding carboxylic acids is 1. The number of nitrogens with one attached hydrogen (secondary N) is 1. The van der Waals surface area contributed by atoms with Crippen LogP contribution in [0.3, 0.4) is 0 Å². The molecular formula is C25H25NO4. The molecule has 4 rings (SSSR count). The van der Waals surface area contributed by atoms with Gasteiger partial charge < -0.3 is 19.5 Å². The summed E-state index contributed by atoms with van der Waals surface area (Å²) in [6.07, 6.45) is 0.609. The first-order valence-corrected chi connectivity index (χ1v) is 9.97. The molecule has 0 radical (unpaired) electrons. The van der Waals surface area contributed by atoms with Crippen molar-refractivity contribution < 1.29 is 19.0 Å². The number of carbonyl (C=O) groups is 1. The third kappa shape index (κ3) is 4.10. The Hall–Kier alpha value is -3.47. The standard InChI is InChI=1S/C25H25NO4/c1-28-21-12-6-10-18(15-21)23(17-8-4-3-5-9-17)26-25(27)20-14-19-11-7-13-22(29-2)24(19)30-16-20/h3-13,15,20,23H,14,16H2,1-2H3,(H,26,27)/t20-,23-/m1/s1. The van der Waals surface area contributed by atoms with Crippen molar-refractivity contribution in [3.63, 3.8) is 0 Å². The summed E-state index contributed by atoms with van der Waals surface area (Å²) >= 11 is 0. The van der Waals surface area contributed by atoms with Crippen molar-refractivity contribution in [2.75, 3.05) is 20.8 Å². The molecule has 3 aromatic carbocycles. The van der Waals surface area contributed by atoms with E-state index < -0.39 is 0 Å². The van der Waals surface area contributed by atoms with Crippen LogP contribution in [0.1, 0.15) is 22.7 Å². The van der Waals surface area contributed by atoms with Crippen molar-refractivity contribution in [1.29, 1.82) is 0 Å². The van der Waals surface area contributed by atoms with Crippen LogP contribution in [-0.4, -0.2) is 26.7 Å². The lowest BCUT2D eigenvalue weighted by Gasteiger charge is -2.28. The van der Waals surface area contributed by atoms with Crippen LogP contribution in [0.25, 0.3) is 0 Å². The lowest BCUT2D eigenvalue weighted by Crippen LogP contribution is -2.39. The Morgan fingerprint density at radius 1 is 0.967 bits per heavy atom. The smallest absolute Gasteiger partial charge is 0.227 e. The SMILES string of the molecule is COc1cccc([C@H](NC(=O)[C@H]2COc3c(cccc3OC)C2)c2ccccc2)c1. The molecule has 1 heterocycles. The monoisotopic (exact) mass is 403 g/mol. The highest BCUT2D eigenvalue weighted by Crippen LogP contribution is 2.36. The van der Waals surface area contributed by atoms with Crippen LogP contribution in [0.2, 0.25) is 0 Å². The van der Waals surface area contributed by atoms with Crippen LogP contribution in [0, 0.1) is 5.92 Å². The van der Waals surface area contributed by atoms with Gasteiger partial charge in [0.05, 0.1) is 26.2 Å². The van der Waals surface area contributed by atoms with Gasteiger partial charge in [0, 0.05) is 0 Å². The molecule has 154 valence electrons. The first kappa shape index (κ1) is 19.8. The van der Waals surface area contributed by atoms with Crippen molar-refractivity contribution in [2.45, 2.75) is 12.5 Å². The predicted molar refractivity (Wildman–Crippen MR) is 115 cm³/mol. The number of fused-ring (bicyclic) bond motifs is 1. The predicted octanol–water partition coefficient (Wildman–Crippen LogP) is 4.16. The number of para-hydroxylation sites is 1. The first-order valence-electron chi connectivity index (χ1n) is 9.97. The highest BCUT2D eigenvalue weighted by atomic mass is 16.5. The van der Waals surface area contributed by atoms with E-state index in [1.807, 2.05) is 72.8 Å². The lowest BCUT2D eigenvalue weighted by molar-refractivity contribution is -0.126. The van der Waals surface area contributed by atoms with Gasteiger partial charge >= 0.3 is 0 Å². The fourth-order valence-electron chi connectivity index (χ4n) is 3.81. The fraction of sp³-hybridized carbons (Fsp3) is 0.240. The van der Waals surface area contributed by atoms with E-state index in [-0.39, 0.29) is 17.9 Å². The summed E-state index contributed by atoms with van der Waals surface area (Å²) < 4.78 is 16.7. The van der Waals surface area contributed by atoms with Gasteiger partial charge in [-0.15, -0.1) is 0 Å². The molecule has 5 heteroatoms. The summed E-state index contributed by atoms with van der Waals surface area (Å²) in [7, 11) is 3.26. The average Bonchev–Trinajstić information content (AvgIpc) is 2.82. The van der Waals surface area contributed by atoms with Gasteiger partial charge in [0.1, 0.15) is 12.4 Å². The average molecular weight is 403 g/mol. The summed E-state index contributed by atoms with van der Waals surface area (Å²) in [5.41, 5.74) is 2.96. The van der Waals surface area contributed by atoms with Crippen molar-refractivity contribution in [3.05, 3.63) is 89.5 Å². The number of amides is 1. The number of rotatable bonds is 6. The minimum absolute atomic E-state index is 0.0415. The summed E-state index contributed by atoms with van der Waals surface area (Å²) in [5, 5.41) is 3.22. The second-order valence-electron chi connectivity index (χ2n) is 7.29. The molecule has 0 fully saturated rings. The molecule has 0 aliphatic carbocycles. The van der Waals surface area contributed by atoms with Gasteiger partial charge in [-0.3, -0.25) is 4.79 Å². The summed E-state index contributed by atoms with van der Waals surface area (Å²) in [6.45, 7) is 0.318. The third-order valence-electron chi connectivity index (χ3n) is 5.39. The zero-order valence-electron chi connectivity index (χ0n) is 17.1. The molecule has 3 aromatic rings. The van der Waals surface area contributed by atoms with E-state index in [0.29, 0.717) is 18.8 Å². The Bertz CT molecular complexity index is 1020. The Balaban J connectivity index is 1.58. The molecule has 5 nitrogen and oxygen atoms in total. The molecule has 0 saturated carbocycles. The third-order valence-corrected chi connectivity index (χ3v) is 5.39. The van der Waals surface area contributed by atoms with Gasteiger partial charge in [-0.05, 0) is 41.3 Å². The summed E-state index contributed by atoms with van der Waals surface area (Å²) in [5.74, 6) is 1.87. The van der Waals surface area contributed by atoms with Crippen LogP contribution in [0.5, 0.6) is 17.2 Å². The van der Waals surface area contributed by atoms with Crippen LogP contribution in [0.4, 0.5) is 0 Å². The maximum absolute atomic E-state index is 13.2. The second kappa shape index (κ2) is 8.91. The molecule has 1 aliphatic rings. The molecule has 1 aliphatic heterocycles. The topological polar surface area (TPSA) is 56.8 Å². The summed E-state index contributed by atoms with van der Waals surface area (Å²) in [6, 6.07) is 23.2. The molecular weight excluding hydrogens is 378 g/mol. The Kier molecular flexibility index (Phi) is 5.89. The van der Waals surface area contributed by atoms with E-state index in [0.717, 1.165) is 28.2 Å². The number of methoxy groups -OCH3 is 2. The van der Waals surface area contributed by atoms with E-state index in [9.17, 15) is 4.79 Å². The van der Waals surface area contributed by atoms with Crippen molar-refractivity contribution in [1.82, 2.24) is 5.32 Å². The molecule has 0 saturated heterocycles. The molecule has 0 bridgehead atoms. The molecule has 1 N–H and O–H groups in total. The summed E-state index contributed by atoms with van der Waals surface area (Å²) in [4.78, 5) is 13.2.